The number of ether oxygens (including phenoxy) is 1. The van der Waals surface area contributed by atoms with Crippen LogP contribution in [0.15, 0.2) is 48.5 Å². The molecule has 2 nitrogen and oxygen atoms in total. The van der Waals surface area contributed by atoms with Crippen LogP contribution >= 0.6 is 11.3 Å². The Morgan fingerprint density at radius 2 is 1.90 bits per heavy atom. The summed E-state index contributed by atoms with van der Waals surface area (Å²) in [6.07, 6.45) is 0.120. The van der Waals surface area contributed by atoms with Gasteiger partial charge in [0.15, 0.2) is 0 Å². The van der Waals surface area contributed by atoms with Crippen molar-refractivity contribution in [1.29, 1.82) is 0 Å². The monoisotopic (exact) mass is 298 g/mol. The second-order valence-electron chi connectivity index (χ2n) is 5.34. The van der Waals surface area contributed by atoms with Gasteiger partial charge in [0, 0.05) is 9.58 Å². The van der Waals surface area contributed by atoms with E-state index in [0.29, 0.717) is 0 Å². The third kappa shape index (κ3) is 3.09. The molecule has 108 valence electrons. The van der Waals surface area contributed by atoms with Crippen molar-refractivity contribution in [2.75, 3.05) is 0 Å². The molecule has 0 amide bonds. The third-order valence-corrected chi connectivity index (χ3v) is 4.40. The maximum atomic E-state index is 9.46. The van der Waals surface area contributed by atoms with Gasteiger partial charge in [0.05, 0.1) is 12.7 Å². The molecule has 3 rings (SSSR count). The number of aliphatic hydroxyl groups excluding tert-OH is 1. The van der Waals surface area contributed by atoms with E-state index < -0.39 is 0 Å². The second-order valence-corrected chi connectivity index (χ2v) is 6.42. The van der Waals surface area contributed by atoms with Crippen LogP contribution in [0.4, 0.5) is 0 Å². The minimum Gasteiger partial charge on any atom is -0.491 e. The van der Waals surface area contributed by atoms with Crippen LogP contribution in [0, 0.1) is 0 Å². The van der Waals surface area contributed by atoms with Gasteiger partial charge < -0.3 is 9.84 Å². The maximum absolute atomic E-state index is 9.46. The number of aliphatic hydroxyl groups is 1. The standard InChI is InChI=1S/C18H18O2S/c1-12(2)20-16-8-13(11-19)7-15(9-16)18-10-14-5-3-4-6-17(14)21-18/h3-10,12,19H,11H2,1-2H3. The average Bonchev–Trinajstić information content (AvgIpc) is 2.90. The van der Waals surface area contributed by atoms with E-state index in [1.807, 2.05) is 32.0 Å². The molecule has 0 radical (unpaired) electrons. The first-order valence-corrected chi connectivity index (χ1v) is 7.88. The fourth-order valence-electron chi connectivity index (χ4n) is 2.36. The van der Waals surface area contributed by atoms with Gasteiger partial charge in [-0.05, 0) is 60.7 Å². The zero-order valence-corrected chi connectivity index (χ0v) is 13.0. The number of hydrogen-bond acceptors (Lipinski definition) is 3. The van der Waals surface area contributed by atoms with Gasteiger partial charge in [-0.3, -0.25) is 0 Å². The van der Waals surface area contributed by atoms with Gasteiger partial charge in [0.2, 0.25) is 0 Å². The van der Waals surface area contributed by atoms with Gasteiger partial charge in [-0.2, -0.15) is 0 Å². The summed E-state index contributed by atoms with van der Waals surface area (Å²) >= 11 is 1.76. The summed E-state index contributed by atoms with van der Waals surface area (Å²) in [5.74, 6) is 0.809. The molecule has 0 spiro atoms. The highest BCUT2D eigenvalue weighted by molar-refractivity contribution is 7.22. The van der Waals surface area contributed by atoms with E-state index in [1.165, 1.54) is 15.0 Å². The minimum absolute atomic E-state index is 0.0210. The Morgan fingerprint density at radius 3 is 2.62 bits per heavy atom. The molecular weight excluding hydrogens is 280 g/mol. The van der Waals surface area contributed by atoms with Crippen LogP contribution < -0.4 is 4.74 Å². The Kier molecular flexibility index (Phi) is 3.95. The van der Waals surface area contributed by atoms with Gasteiger partial charge in [0.25, 0.3) is 0 Å². The zero-order valence-electron chi connectivity index (χ0n) is 12.2. The molecular formula is C18H18O2S. The molecule has 0 saturated heterocycles. The molecule has 3 heteroatoms. The van der Waals surface area contributed by atoms with Gasteiger partial charge in [0.1, 0.15) is 5.75 Å². The van der Waals surface area contributed by atoms with Crippen molar-refractivity contribution in [3.63, 3.8) is 0 Å². The van der Waals surface area contributed by atoms with Crippen LogP contribution in [-0.2, 0) is 6.61 Å². The summed E-state index contributed by atoms with van der Waals surface area (Å²) in [5, 5.41) is 10.7. The summed E-state index contributed by atoms with van der Waals surface area (Å²) < 4.78 is 7.06. The van der Waals surface area contributed by atoms with Crippen LogP contribution in [0.1, 0.15) is 19.4 Å². The van der Waals surface area contributed by atoms with Crippen molar-refractivity contribution in [1.82, 2.24) is 0 Å². The number of rotatable bonds is 4. The first-order valence-electron chi connectivity index (χ1n) is 7.06. The van der Waals surface area contributed by atoms with Crippen LogP contribution in [0.2, 0.25) is 0 Å². The van der Waals surface area contributed by atoms with E-state index in [9.17, 15) is 5.11 Å². The van der Waals surface area contributed by atoms with E-state index in [-0.39, 0.29) is 12.7 Å². The Balaban J connectivity index is 2.07. The highest BCUT2D eigenvalue weighted by Crippen LogP contribution is 2.35. The Labute approximate surface area is 128 Å². The van der Waals surface area contributed by atoms with E-state index >= 15 is 0 Å². The van der Waals surface area contributed by atoms with Gasteiger partial charge in [-0.15, -0.1) is 11.3 Å². The molecule has 0 bridgehead atoms. The number of benzene rings is 2. The molecule has 0 unspecified atom stereocenters. The molecule has 0 saturated carbocycles. The van der Waals surface area contributed by atoms with Gasteiger partial charge in [-0.25, -0.2) is 0 Å². The molecule has 21 heavy (non-hydrogen) atoms. The van der Waals surface area contributed by atoms with Crippen LogP contribution in [-0.4, -0.2) is 11.2 Å². The second kappa shape index (κ2) is 5.88. The topological polar surface area (TPSA) is 29.5 Å². The molecule has 1 aromatic heterocycles. The molecule has 0 atom stereocenters. The predicted octanol–water partition coefficient (Wildman–Crippen LogP) is 4.85. The first-order chi connectivity index (χ1) is 10.2. The van der Waals surface area contributed by atoms with Crippen molar-refractivity contribution in [3.05, 3.63) is 54.1 Å². The van der Waals surface area contributed by atoms with E-state index in [4.69, 9.17) is 4.74 Å². The van der Waals surface area contributed by atoms with Crippen LogP contribution in [0.3, 0.4) is 0 Å². The lowest BCUT2D eigenvalue weighted by atomic mass is 10.1. The molecule has 0 aliphatic heterocycles. The largest absolute Gasteiger partial charge is 0.491 e. The predicted molar refractivity (Wildman–Crippen MR) is 88.9 cm³/mol. The van der Waals surface area contributed by atoms with E-state index in [1.54, 1.807) is 11.3 Å². The quantitative estimate of drug-likeness (QED) is 0.746. The average molecular weight is 298 g/mol. The summed E-state index contributed by atoms with van der Waals surface area (Å²) in [6.45, 7) is 4.03. The lowest BCUT2D eigenvalue weighted by molar-refractivity contribution is 0.240. The fraction of sp³-hybridized carbons (Fsp3) is 0.222. The molecule has 1 heterocycles. The van der Waals surface area contributed by atoms with Crippen molar-refractivity contribution in [2.45, 2.75) is 26.6 Å². The number of fused-ring (bicyclic) bond motifs is 1. The maximum Gasteiger partial charge on any atom is 0.120 e. The third-order valence-electron chi connectivity index (χ3n) is 3.23. The first kappa shape index (κ1) is 14.1. The smallest absolute Gasteiger partial charge is 0.120 e. The van der Waals surface area contributed by atoms with Crippen LogP contribution in [0.25, 0.3) is 20.5 Å². The Hall–Kier alpha value is -1.84. The summed E-state index contributed by atoms with van der Waals surface area (Å²) in [5.41, 5.74) is 1.97. The normalized spacial score (nSPS) is 11.2. The van der Waals surface area contributed by atoms with E-state index in [2.05, 4.69) is 30.3 Å². The highest BCUT2D eigenvalue weighted by Gasteiger charge is 2.08. The molecule has 0 fully saturated rings. The van der Waals surface area contributed by atoms with Gasteiger partial charge >= 0.3 is 0 Å². The Bertz CT molecular complexity index is 726. The van der Waals surface area contributed by atoms with Crippen molar-refractivity contribution in [3.8, 4) is 16.2 Å². The van der Waals surface area contributed by atoms with Crippen LogP contribution in [0.5, 0.6) is 5.75 Å². The lowest BCUT2D eigenvalue weighted by Gasteiger charge is -2.12. The zero-order chi connectivity index (χ0) is 14.8. The molecule has 1 N–H and O–H groups in total. The minimum atomic E-state index is 0.0210. The summed E-state index contributed by atoms with van der Waals surface area (Å²) in [7, 11) is 0. The summed E-state index contributed by atoms with van der Waals surface area (Å²) in [6, 6.07) is 16.5. The molecule has 3 aromatic rings. The number of thiophene rings is 1. The number of hydrogen-bond donors (Lipinski definition) is 1. The fourth-order valence-corrected chi connectivity index (χ4v) is 3.41. The highest BCUT2D eigenvalue weighted by atomic mass is 32.1. The van der Waals surface area contributed by atoms with Crippen molar-refractivity contribution < 1.29 is 9.84 Å². The SMILES string of the molecule is CC(C)Oc1cc(CO)cc(-c2cc3ccccc3s2)c1. The lowest BCUT2D eigenvalue weighted by Crippen LogP contribution is -2.05. The van der Waals surface area contributed by atoms with Crippen molar-refractivity contribution in [2.24, 2.45) is 0 Å². The van der Waals surface area contributed by atoms with Gasteiger partial charge in [-0.1, -0.05) is 18.2 Å². The molecule has 0 aliphatic carbocycles. The molecule has 2 aromatic carbocycles. The van der Waals surface area contributed by atoms with Crippen molar-refractivity contribution >= 4 is 21.4 Å². The van der Waals surface area contributed by atoms with E-state index in [0.717, 1.165) is 16.9 Å². The molecule has 0 aliphatic rings. The summed E-state index contributed by atoms with van der Waals surface area (Å²) in [4.78, 5) is 1.19. The Morgan fingerprint density at radius 1 is 1.10 bits per heavy atom.